The molecule has 2 aromatic rings. The Labute approximate surface area is 142 Å². The lowest BCUT2D eigenvalue weighted by Crippen LogP contribution is -2.26. The van der Waals surface area contributed by atoms with Crippen molar-refractivity contribution in [3.63, 3.8) is 0 Å². The predicted octanol–water partition coefficient (Wildman–Crippen LogP) is 4.38. The van der Waals surface area contributed by atoms with Gasteiger partial charge >= 0.3 is 0 Å². The average Bonchev–Trinajstić information content (AvgIpc) is 2.83. The molecule has 1 heterocycles. The summed E-state index contributed by atoms with van der Waals surface area (Å²) in [6.07, 6.45) is 0. The standard InChI is InChI=1S/C14H15BrClNO2S2/c1-10-14(7-13(8-16)20-10)21(18,19)17(2)9-11-3-5-12(15)6-4-11/h3-7H,8-9H2,1-2H3. The molecule has 7 heteroatoms. The van der Waals surface area contributed by atoms with E-state index in [1.807, 2.05) is 24.3 Å². The van der Waals surface area contributed by atoms with E-state index in [4.69, 9.17) is 11.6 Å². The molecule has 0 aliphatic rings. The largest absolute Gasteiger partial charge is 0.244 e. The van der Waals surface area contributed by atoms with Crippen LogP contribution in [0.3, 0.4) is 0 Å². The fourth-order valence-corrected chi connectivity index (χ4v) is 5.06. The zero-order valence-corrected chi connectivity index (χ0v) is 15.6. The smallest absolute Gasteiger partial charge is 0.207 e. The first-order valence-corrected chi connectivity index (χ1v) is 9.79. The van der Waals surface area contributed by atoms with Crippen molar-refractivity contribution in [1.29, 1.82) is 0 Å². The Morgan fingerprint density at radius 3 is 2.43 bits per heavy atom. The number of nitrogens with zero attached hydrogens (tertiary/aromatic N) is 1. The Kier molecular flexibility index (Phi) is 5.48. The molecule has 3 nitrogen and oxygen atoms in total. The second-order valence-corrected chi connectivity index (χ2v) is 9.19. The molecule has 0 amide bonds. The summed E-state index contributed by atoms with van der Waals surface area (Å²) in [5.41, 5.74) is 0.940. The highest BCUT2D eigenvalue weighted by molar-refractivity contribution is 9.10. The first-order chi connectivity index (χ1) is 9.84. The first kappa shape index (κ1) is 17.0. The summed E-state index contributed by atoms with van der Waals surface area (Å²) < 4.78 is 27.6. The number of alkyl halides is 1. The van der Waals surface area contributed by atoms with Crippen molar-refractivity contribution in [3.8, 4) is 0 Å². The normalized spacial score (nSPS) is 12.0. The summed E-state index contributed by atoms with van der Waals surface area (Å²) in [5, 5.41) is 0. The van der Waals surface area contributed by atoms with Gasteiger partial charge in [0.15, 0.2) is 0 Å². The number of hydrogen-bond acceptors (Lipinski definition) is 3. The summed E-state index contributed by atoms with van der Waals surface area (Å²) in [6, 6.07) is 9.27. The predicted molar refractivity (Wildman–Crippen MR) is 91.4 cm³/mol. The van der Waals surface area contributed by atoms with Crippen LogP contribution >= 0.6 is 38.9 Å². The fraction of sp³-hybridized carbons (Fsp3) is 0.286. The van der Waals surface area contributed by atoms with Crippen LogP contribution in [0.25, 0.3) is 0 Å². The van der Waals surface area contributed by atoms with Gasteiger partial charge in [-0.25, -0.2) is 8.42 Å². The number of hydrogen-bond donors (Lipinski definition) is 0. The molecular formula is C14H15BrClNO2S2. The van der Waals surface area contributed by atoms with Gasteiger partial charge in [0.25, 0.3) is 0 Å². The zero-order valence-electron chi connectivity index (χ0n) is 11.6. The molecule has 0 spiro atoms. The van der Waals surface area contributed by atoms with Gasteiger partial charge in [0, 0.05) is 27.8 Å². The molecule has 0 aliphatic heterocycles. The van der Waals surface area contributed by atoms with Crippen LogP contribution in [0.2, 0.25) is 0 Å². The minimum atomic E-state index is -3.49. The van der Waals surface area contributed by atoms with Crippen molar-refractivity contribution in [3.05, 3.63) is 50.1 Å². The number of thiophene rings is 1. The highest BCUT2D eigenvalue weighted by Crippen LogP contribution is 2.29. The highest BCUT2D eigenvalue weighted by atomic mass is 79.9. The molecule has 114 valence electrons. The quantitative estimate of drug-likeness (QED) is 0.689. The molecule has 0 aliphatic carbocycles. The van der Waals surface area contributed by atoms with Crippen LogP contribution in [0.15, 0.2) is 39.7 Å². The lowest BCUT2D eigenvalue weighted by molar-refractivity contribution is 0.466. The van der Waals surface area contributed by atoms with Crippen molar-refractivity contribution in [1.82, 2.24) is 4.31 Å². The topological polar surface area (TPSA) is 37.4 Å². The maximum atomic E-state index is 12.6. The number of sulfonamides is 1. The van der Waals surface area contributed by atoms with E-state index in [-0.39, 0.29) is 0 Å². The number of aryl methyl sites for hydroxylation is 1. The van der Waals surface area contributed by atoms with Crippen LogP contribution in [0.1, 0.15) is 15.3 Å². The van der Waals surface area contributed by atoms with Crippen LogP contribution in [0.5, 0.6) is 0 Å². The minimum absolute atomic E-state index is 0.331. The molecule has 0 saturated heterocycles. The first-order valence-electron chi connectivity index (χ1n) is 6.20. The van der Waals surface area contributed by atoms with Gasteiger partial charge in [0.1, 0.15) is 0 Å². The van der Waals surface area contributed by atoms with E-state index < -0.39 is 10.0 Å². The molecule has 0 N–H and O–H groups in total. The van der Waals surface area contributed by atoms with E-state index >= 15 is 0 Å². The molecule has 0 atom stereocenters. The van der Waals surface area contributed by atoms with Crippen molar-refractivity contribution in [2.75, 3.05) is 7.05 Å². The van der Waals surface area contributed by atoms with Gasteiger partial charge in [0.05, 0.1) is 10.8 Å². The summed E-state index contributed by atoms with van der Waals surface area (Å²) in [5.74, 6) is 0.331. The van der Waals surface area contributed by atoms with Gasteiger partial charge in [-0.15, -0.1) is 22.9 Å². The molecule has 0 fully saturated rings. The monoisotopic (exact) mass is 407 g/mol. The fourth-order valence-electron chi connectivity index (χ4n) is 1.95. The number of benzene rings is 1. The number of halogens is 2. The Balaban J connectivity index is 2.25. The lowest BCUT2D eigenvalue weighted by Gasteiger charge is -2.17. The molecule has 0 radical (unpaired) electrons. The molecular weight excluding hydrogens is 394 g/mol. The van der Waals surface area contributed by atoms with Gasteiger partial charge in [-0.2, -0.15) is 4.31 Å². The van der Waals surface area contributed by atoms with E-state index in [9.17, 15) is 8.42 Å². The second kappa shape index (κ2) is 6.79. The van der Waals surface area contributed by atoms with Crippen molar-refractivity contribution in [2.24, 2.45) is 0 Å². The van der Waals surface area contributed by atoms with Crippen LogP contribution < -0.4 is 0 Å². The maximum Gasteiger partial charge on any atom is 0.244 e. The van der Waals surface area contributed by atoms with Crippen molar-refractivity contribution < 1.29 is 8.42 Å². The van der Waals surface area contributed by atoms with E-state index in [0.29, 0.717) is 17.3 Å². The summed E-state index contributed by atoms with van der Waals surface area (Å²) in [7, 11) is -1.90. The molecule has 21 heavy (non-hydrogen) atoms. The molecule has 0 unspecified atom stereocenters. The van der Waals surface area contributed by atoms with Gasteiger partial charge in [-0.05, 0) is 30.7 Å². The maximum absolute atomic E-state index is 12.6. The van der Waals surface area contributed by atoms with Crippen LogP contribution in [0.4, 0.5) is 0 Å². The van der Waals surface area contributed by atoms with Gasteiger partial charge < -0.3 is 0 Å². The molecule has 0 saturated carbocycles. The second-order valence-electron chi connectivity index (χ2n) is 4.65. The Bertz CT molecular complexity index is 726. The van der Waals surface area contributed by atoms with E-state index in [2.05, 4.69) is 15.9 Å². The molecule has 1 aromatic heterocycles. The molecule has 2 rings (SSSR count). The summed E-state index contributed by atoms with van der Waals surface area (Å²) in [4.78, 5) is 1.99. The Morgan fingerprint density at radius 1 is 1.29 bits per heavy atom. The van der Waals surface area contributed by atoms with Crippen LogP contribution in [-0.2, 0) is 22.4 Å². The Morgan fingerprint density at radius 2 is 1.90 bits per heavy atom. The van der Waals surface area contributed by atoms with E-state index in [1.54, 1.807) is 20.0 Å². The van der Waals surface area contributed by atoms with Crippen molar-refractivity contribution >= 4 is 48.9 Å². The summed E-state index contributed by atoms with van der Waals surface area (Å²) in [6.45, 7) is 2.14. The average molecular weight is 409 g/mol. The minimum Gasteiger partial charge on any atom is -0.207 e. The third-order valence-electron chi connectivity index (χ3n) is 3.06. The third kappa shape index (κ3) is 3.87. The van der Waals surface area contributed by atoms with Gasteiger partial charge in [-0.3, -0.25) is 0 Å². The Hall–Kier alpha value is -0.400. The summed E-state index contributed by atoms with van der Waals surface area (Å²) >= 11 is 10.6. The van der Waals surface area contributed by atoms with E-state index in [0.717, 1.165) is 19.8 Å². The van der Waals surface area contributed by atoms with Crippen molar-refractivity contribution in [2.45, 2.75) is 24.2 Å². The van der Waals surface area contributed by atoms with Crippen LogP contribution in [-0.4, -0.2) is 19.8 Å². The highest BCUT2D eigenvalue weighted by Gasteiger charge is 2.24. The molecule has 0 bridgehead atoms. The number of rotatable bonds is 5. The molecule has 1 aromatic carbocycles. The van der Waals surface area contributed by atoms with E-state index in [1.165, 1.54) is 15.6 Å². The lowest BCUT2D eigenvalue weighted by atomic mass is 10.2. The third-order valence-corrected chi connectivity index (χ3v) is 7.15. The SMILES string of the molecule is Cc1sc(CCl)cc1S(=O)(=O)N(C)Cc1ccc(Br)cc1. The van der Waals surface area contributed by atoms with Crippen LogP contribution in [0, 0.1) is 6.92 Å². The zero-order chi connectivity index (χ0) is 15.6. The van der Waals surface area contributed by atoms with Gasteiger partial charge in [-0.1, -0.05) is 28.1 Å². The van der Waals surface area contributed by atoms with Gasteiger partial charge in [0.2, 0.25) is 10.0 Å².